The van der Waals surface area contributed by atoms with Crippen molar-refractivity contribution >= 4 is 6.08 Å². The van der Waals surface area contributed by atoms with E-state index in [0.29, 0.717) is 12.0 Å². The van der Waals surface area contributed by atoms with E-state index in [1.54, 1.807) is 0 Å². The van der Waals surface area contributed by atoms with E-state index in [9.17, 15) is 0 Å². The van der Waals surface area contributed by atoms with Crippen molar-refractivity contribution in [2.45, 2.75) is 33.7 Å². The summed E-state index contributed by atoms with van der Waals surface area (Å²) in [6, 6.07) is 11.1. The summed E-state index contributed by atoms with van der Waals surface area (Å²) in [4.78, 5) is 0. The van der Waals surface area contributed by atoms with Crippen LogP contribution in [0.15, 0.2) is 35.9 Å². The third-order valence-electron chi connectivity index (χ3n) is 2.61. The minimum Gasteiger partial charge on any atom is -0.311 e. The molecule has 1 N–H and O–H groups in total. The van der Waals surface area contributed by atoms with Gasteiger partial charge in [-0.2, -0.15) is 0 Å². The summed E-state index contributed by atoms with van der Waals surface area (Å²) in [6.45, 7) is 9.83. The molecule has 0 heterocycles. The number of benzene rings is 1. The van der Waals surface area contributed by atoms with Crippen LogP contribution in [0.1, 0.15) is 33.3 Å². The Bertz CT molecular complexity index is 323. The van der Waals surface area contributed by atoms with Crippen LogP contribution in [0, 0.1) is 5.92 Å². The molecule has 1 nitrogen and oxygen atoms in total. The van der Waals surface area contributed by atoms with Crippen molar-refractivity contribution in [2.75, 3.05) is 6.54 Å². The van der Waals surface area contributed by atoms with Gasteiger partial charge in [-0.1, -0.05) is 69.7 Å². The van der Waals surface area contributed by atoms with E-state index in [4.69, 9.17) is 0 Å². The molecule has 0 fully saturated rings. The lowest BCUT2D eigenvalue weighted by molar-refractivity contribution is 0.593. The molecule has 0 amide bonds. The maximum absolute atomic E-state index is 3.48. The molecular weight excluding hydrogens is 194 g/mol. The van der Waals surface area contributed by atoms with Gasteiger partial charge in [0.05, 0.1) is 0 Å². The highest BCUT2D eigenvalue weighted by molar-refractivity contribution is 5.53. The highest BCUT2D eigenvalue weighted by atomic mass is 14.9. The van der Waals surface area contributed by atoms with E-state index < -0.39 is 0 Å². The predicted molar refractivity (Wildman–Crippen MR) is 72.4 cm³/mol. The van der Waals surface area contributed by atoms with E-state index in [1.165, 1.54) is 11.1 Å². The molecular formula is C15H23N. The van der Waals surface area contributed by atoms with Gasteiger partial charge in [-0.25, -0.2) is 0 Å². The van der Waals surface area contributed by atoms with Crippen molar-refractivity contribution in [1.29, 1.82) is 0 Å². The van der Waals surface area contributed by atoms with Crippen LogP contribution >= 0.6 is 0 Å². The molecule has 0 bridgehead atoms. The monoisotopic (exact) mass is 217 g/mol. The molecule has 0 aliphatic carbocycles. The molecule has 1 rings (SSSR count). The minimum absolute atomic E-state index is 0.540. The minimum atomic E-state index is 0.540. The lowest BCUT2D eigenvalue weighted by atomic mass is 10.00. The molecule has 0 atom stereocenters. The van der Waals surface area contributed by atoms with E-state index in [0.717, 1.165) is 6.54 Å². The van der Waals surface area contributed by atoms with Crippen molar-refractivity contribution in [1.82, 2.24) is 5.32 Å². The number of hydrogen-bond acceptors (Lipinski definition) is 1. The summed E-state index contributed by atoms with van der Waals surface area (Å²) in [6.07, 6.45) is 2.29. The first-order valence-electron chi connectivity index (χ1n) is 6.08. The number of rotatable bonds is 5. The van der Waals surface area contributed by atoms with E-state index in [1.807, 2.05) is 0 Å². The van der Waals surface area contributed by atoms with Crippen LogP contribution in [0.4, 0.5) is 0 Å². The summed E-state index contributed by atoms with van der Waals surface area (Å²) >= 11 is 0. The second-order valence-electron chi connectivity index (χ2n) is 4.82. The summed E-state index contributed by atoms with van der Waals surface area (Å²) < 4.78 is 0. The van der Waals surface area contributed by atoms with Gasteiger partial charge in [-0.05, 0) is 11.5 Å². The third kappa shape index (κ3) is 4.63. The second kappa shape index (κ2) is 6.49. The first kappa shape index (κ1) is 13.0. The molecule has 1 aromatic rings. The molecule has 0 aliphatic heterocycles. The Hall–Kier alpha value is -1.08. The van der Waals surface area contributed by atoms with Crippen molar-refractivity contribution in [3.05, 3.63) is 41.5 Å². The molecule has 0 saturated heterocycles. The van der Waals surface area contributed by atoms with Crippen molar-refractivity contribution in [2.24, 2.45) is 5.92 Å². The third-order valence-corrected chi connectivity index (χ3v) is 2.61. The van der Waals surface area contributed by atoms with Crippen LogP contribution in [-0.4, -0.2) is 12.6 Å². The summed E-state index contributed by atoms with van der Waals surface area (Å²) in [5.41, 5.74) is 2.75. The predicted octanol–water partition coefficient (Wildman–Crippen LogP) is 3.72. The quantitative estimate of drug-likeness (QED) is 0.792. The highest BCUT2D eigenvalue weighted by Crippen LogP contribution is 2.14. The fourth-order valence-corrected chi connectivity index (χ4v) is 1.51. The normalized spacial score (nSPS) is 12.5. The first-order chi connectivity index (χ1) is 7.59. The van der Waals surface area contributed by atoms with Gasteiger partial charge >= 0.3 is 0 Å². The Morgan fingerprint density at radius 1 is 1.12 bits per heavy atom. The summed E-state index contributed by atoms with van der Waals surface area (Å²) in [7, 11) is 0. The Balaban J connectivity index is 2.73. The van der Waals surface area contributed by atoms with Crippen molar-refractivity contribution in [3.8, 4) is 0 Å². The lowest BCUT2D eigenvalue weighted by Crippen LogP contribution is -2.26. The topological polar surface area (TPSA) is 12.0 Å². The zero-order valence-corrected chi connectivity index (χ0v) is 10.8. The molecule has 0 aliphatic rings. The van der Waals surface area contributed by atoms with Gasteiger partial charge in [0.15, 0.2) is 0 Å². The van der Waals surface area contributed by atoms with Crippen LogP contribution < -0.4 is 5.32 Å². The fourth-order valence-electron chi connectivity index (χ4n) is 1.51. The second-order valence-corrected chi connectivity index (χ2v) is 4.82. The highest BCUT2D eigenvalue weighted by Gasteiger charge is 2.04. The van der Waals surface area contributed by atoms with E-state index in [-0.39, 0.29) is 0 Å². The molecule has 1 heteroatoms. The van der Waals surface area contributed by atoms with Crippen LogP contribution in [-0.2, 0) is 0 Å². The summed E-state index contributed by atoms with van der Waals surface area (Å²) in [5, 5.41) is 3.48. The van der Waals surface area contributed by atoms with E-state index in [2.05, 4.69) is 69.4 Å². The van der Waals surface area contributed by atoms with Gasteiger partial charge in [-0.15, -0.1) is 0 Å². The van der Waals surface area contributed by atoms with Crippen LogP contribution in [0.5, 0.6) is 0 Å². The molecule has 0 aromatic heterocycles. The van der Waals surface area contributed by atoms with Gasteiger partial charge in [-0.3, -0.25) is 0 Å². The molecule has 0 saturated carbocycles. The Labute approximate surface area is 99.6 Å². The average molecular weight is 217 g/mol. The van der Waals surface area contributed by atoms with Gasteiger partial charge < -0.3 is 5.32 Å². The maximum atomic E-state index is 3.48. The zero-order chi connectivity index (χ0) is 12.0. The van der Waals surface area contributed by atoms with Crippen LogP contribution in [0.3, 0.4) is 0 Å². The molecule has 0 radical (unpaired) electrons. The molecule has 88 valence electrons. The number of nitrogens with one attached hydrogen (secondary N) is 1. The summed E-state index contributed by atoms with van der Waals surface area (Å²) in [5.74, 6) is 0.589. The van der Waals surface area contributed by atoms with Gasteiger partial charge in [0.25, 0.3) is 0 Å². The average Bonchev–Trinajstić information content (AvgIpc) is 2.25. The molecule has 16 heavy (non-hydrogen) atoms. The Morgan fingerprint density at radius 3 is 2.25 bits per heavy atom. The molecule has 0 spiro atoms. The zero-order valence-electron chi connectivity index (χ0n) is 10.8. The van der Waals surface area contributed by atoms with Gasteiger partial charge in [0.2, 0.25) is 0 Å². The van der Waals surface area contributed by atoms with E-state index >= 15 is 0 Å². The lowest BCUT2D eigenvalue weighted by Gasteiger charge is -2.15. The first-order valence-corrected chi connectivity index (χ1v) is 6.08. The fraction of sp³-hybridized carbons (Fsp3) is 0.467. The SMILES string of the molecule is CC(C)NCC(=Cc1ccccc1)C(C)C. The molecule has 0 unspecified atom stereocenters. The van der Waals surface area contributed by atoms with Gasteiger partial charge in [0, 0.05) is 12.6 Å². The van der Waals surface area contributed by atoms with Gasteiger partial charge in [0.1, 0.15) is 0 Å². The molecule has 1 aromatic carbocycles. The van der Waals surface area contributed by atoms with Crippen molar-refractivity contribution in [3.63, 3.8) is 0 Å². The smallest absolute Gasteiger partial charge is 0.0172 e. The van der Waals surface area contributed by atoms with Crippen LogP contribution in [0.2, 0.25) is 0 Å². The standard InChI is InChI=1S/C15H23N/c1-12(2)15(11-16-13(3)4)10-14-8-6-5-7-9-14/h5-10,12-13,16H,11H2,1-4H3. The largest absolute Gasteiger partial charge is 0.311 e. The Morgan fingerprint density at radius 2 is 1.75 bits per heavy atom. The van der Waals surface area contributed by atoms with Crippen molar-refractivity contribution < 1.29 is 0 Å². The number of hydrogen-bond donors (Lipinski definition) is 1. The van der Waals surface area contributed by atoms with Crippen LogP contribution in [0.25, 0.3) is 6.08 Å². The maximum Gasteiger partial charge on any atom is 0.0172 e. The Kier molecular flexibility index (Phi) is 5.27.